The maximum atomic E-state index is 11.7. The van der Waals surface area contributed by atoms with Gasteiger partial charge in [0.15, 0.2) is 0 Å². The van der Waals surface area contributed by atoms with E-state index in [0.717, 1.165) is 0 Å². The Bertz CT molecular complexity index is 658. The van der Waals surface area contributed by atoms with Crippen molar-refractivity contribution in [2.75, 3.05) is 5.32 Å². The summed E-state index contributed by atoms with van der Waals surface area (Å²) in [4.78, 5) is 22.6. The van der Waals surface area contributed by atoms with Crippen LogP contribution in [0, 0.1) is 0 Å². The van der Waals surface area contributed by atoms with E-state index in [1.807, 2.05) is 6.07 Å². The number of nitrogens with one attached hydrogen (secondary N) is 1. The normalized spacial score (nSPS) is 9.81. The summed E-state index contributed by atoms with van der Waals surface area (Å²) in [5.41, 5.74) is 0.428. The number of anilines is 1. The van der Waals surface area contributed by atoms with E-state index in [-0.39, 0.29) is 10.8 Å². The van der Waals surface area contributed by atoms with E-state index in [1.54, 1.807) is 30.3 Å². The van der Waals surface area contributed by atoms with Gasteiger partial charge in [-0.1, -0.05) is 29.8 Å². The van der Waals surface area contributed by atoms with Crippen LogP contribution in [-0.4, -0.2) is 12.1 Å². The van der Waals surface area contributed by atoms with Gasteiger partial charge < -0.3 is 9.47 Å². The molecule has 0 unspecified atom stereocenters. The number of esters is 1. The van der Waals surface area contributed by atoms with Gasteiger partial charge in [-0.25, -0.2) is 4.79 Å². The zero-order chi connectivity index (χ0) is 15.2. The van der Waals surface area contributed by atoms with Crippen molar-refractivity contribution in [2.24, 2.45) is 0 Å². The Kier molecular flexibility index (Phi) is 4.79. The highest BCUT2D eigenvalue weighted by Crippen LogP contribution is 2.27. The summed E-state index contributed by atoms with van der Waals surface area (Å²) < 4.78 is 9.96. The molecule has 0 aliphatic carbocycles. The summed E-state index contributed by atoms with van der Waals surface area (Å²) in [6.45, 7) is 1.28. The second-order valence-corrected chi connectivity index (χ2v) is 4.47. The molecule has 0 aliphatic heterocycles. The molecule has 6 heteroatoms. The van der Waals surface area contributed by atoms with Crippen LogP contribution in [0.2, 0.25) is 5.02 Å². The monoisotopic (exact) mass is 305 g/mol. The third-order valence-electron chi connectivity index (χ3n) is 2.39. The molecule has 0 atom stereocenters. The minimum absolute atomic E-state index is 0.211. The van der Waals surface area contributed by atoms with Crippen molar-refractivity contribution in [2.45, 2.75) is 6.92 Å². The molecule has 1 amide bonds. The number of halogens is 1. The van der Waals surface area contributed by atoms with Gasteiger partial charge in [-0.3, -0.25) is 10.1 Å². The molecule has 0 heterocycles. The molecular formula is C15H12ClNO4. The molecular weight excluding hydrogens is 294 g/mol. The average molecular weight is 306 g/mol. The molecule has 0 aliphatic rings. The Morgan fingerprint density at radius 2 is 1.76 bits per heavy atom. The number of carbonyl (C=O) groups is 2. The second-order valence-electron chi connectivity index (χ2n) is 4.07. The maximum Gasteiger partial charge on any atom is 0.417 e. The molecule has 0 saturated carbocycles. The van der Waals surface area contributed by atoms with Gasteiger partial charge in [0.1, 0.15) is 11.5 Å². The van der Waals surface area contributed by atoms with Gasteiger partial charge >= 0.3 is 12.1 Å². The lowest BCUT2D eigenvalue weighted by Gasteiger charge is -2.08. The van der Waals surface area contributed by atoms with Crippen LogP contribution in [-0.2, 0) is 4.79 Å². The average Bonchev–Trinajstić information content (AvgIpc) is 2.42. The first-order valence-electron chi connectivity index (χ1n) is 6.06. The Morgan fingerprint density at radius 3 is 2.38 bits per heavy atom. The fraction of sp³-hybridized carbons (Fsp3) is 0.0667. The molecule has 0 bridgehead atoms. The number of rotatable bonds is 3. The molecule has 0 aromatic heterocycles. The number of ether oxygens (including phenoxy) is 2. The van der Waals surface area contributed by atoms with Crippen LogP contribution in [0.15, 0.2) is 48.5 Å². The summed E-state index contributed by atoms with van der Waals surface area (Å²) in [7, 11) is 0. The van der Waals surface area contributed by atoms with E-state index in [2.05, 4.69) is 5.32 Å². The predicted octanol–water partition coefficient (Wildman–Crippen LogP) is 3.88. The van der Waals surface area contributed by atoms with E-state index in [0.29, 0.717) is 11.4 Å². The lowest BCUT2D eigenvalue weighted by molar-refractivity contribution is -0.131. The lowest BCUT2D eigenvalue weighted by atomic mass is 10.3. The standard InChI is InChI=1S/C15H12ClNO4/c1-10(18)20-14-8-7-11(9-13(14)16)17-15(19)21-12-5-3-2-4-6-12/h2-9H,1H3,(H,17,19). The Hall–Kier alpha value is -2.53. The summed E-state index contributed by atoms with van der Waals surface area (Å²) in [6, 6.07) is 13.2. The molecule has 0 radical (unpaired) electrons. The first-order valence-corrected chi connectivity index (χ1v) is 6.44. The fourth-order valence-corrected chi connectivity index (χ4v) is 1.77. The number of para-hydroxylation sites is 1. The van der Waals surface area contributed by atoms with Crippen molar-refractivity contribution in [3.05, 3.63) is 53.6 Å². The summed E-state index contributed by atoms with van der Waals surface area (Å²) in [6.07, 6.45) is -0.641. The van der Waals surface area contributed by atoms with E-state index >= 15 is 0 Å². The van der Waals surface area contributed by atoms with Gasteiger partial charge in [0, 0.05) is 12.6 Å². The third kappa shape index (κ3) is 4.50. The molecule has 108 valence electrons. The molecule has 2 aromatic rings. The highest BCUT2D eigenvalue weighted by atomic mass is 35.5. The van der Waals surface area contributed by atoms with E-state index in [9.17, 15) is 9.59 Å². The molecule has 21 heavy (non-hydrogen) atoms. The van der Waals surface area contributed by atoms with Crippen LogP contribution < -0.4 is 14.8 Å². The zero-order valence-electron chi connectivity index (χ0n) is 11.1. The van der Waals surface area contributed by atoms with E-state index in [4.69, 9.17) is 21.1 Å². The van der Waals surface area contributed by atoms with Crippen LogP contribution in [0.5, 0.6) is 11.5 Å². The third-order valence-corrected chi connectivity index (χ3v) is 2.68. The minimum Gasteiger partial charge on any atom is -0.425 e. The minimum atomic E-state index is -0.641. The Morgan fingerprint density at radius 1 is 1.05 bits per heavy atom. The first-order chi connectivity index (χ1) is 10.0. The predicted molar refractivity (Wildman–Crippen MR) is 78.8 cm³/mol. The summed E-state index contributed by atoms with van der Waals surface area (Å²) in [5, 5.41) is 2.74. The molecule has 0 fully saturated rings. The van der Waals surface area contributed by atoms with Gasteiger partial charge in [-0.05, 0) is 30.3 Å². The highest BCUT2D eigenvalue weighted by Gasteiger charge is 2.09. The van der Waals surface area contributed by atoms with Crippen molar-refractivity contribution in [3.8, 4) is 11.5 Å². The smallest absolute Gasteiger partial charge is 0.417 e. The number of hydrogen-bond acceptors (Lipinski definition) is 4. The van der Waals surface area contributed by atoms with Gasteiger partial charge in [0.25, 0.3) is 0 Å². The van der Waals surface area contributed by atoms with Gasteiger partial charge in [-0.15, -0.1) is 0 Å². The fourth-order valence-electron chi connectivity index (χ4n) is 1.56. The van der Waals surface area contributed by atoms with Crippen LogP contribution in [0.25, 0.3) is 0 Å². The van der Waals surface area contributed by atoms with Crippen molar-refractivity contribution in [1.29, 1.82) is 0 Å². The van der Waals surface area contributed by atoms with Crippen molar-refractivity contribution in [1.82, 2.24) is 0 Å². The Balaban J connectivity index is 2.01. The molecule has 0 saturated heterocycles. The largest absolute Gasteiger partial charge is 0.425 e. The van der Waals surface area contributed by atoms with Crippen LogP contribution in [0.3, 0.4) is 0 Å². The SMILES string of the molecule is CC(=O)Oc1ccc(NC(=O)Oc2ccccc2)cc1Cl. The van der Waals surface area contributed by atoms with Crippen LogP contribution in [0.1, 0.15) is 6.92 Å². The Labute approximate surface area is 126 Å². The number of amides is 1. The molecule has 2 aromatic carbocycles. The second kappa shape index (κ2) is 6.76. The molecule has 5 nitrogen and oxygen atoms in total. The molecule has 2 rings (SSSR count). The first kappa shape index (κ1) is 14.9. The summed E-state index contributed by atoms with van der Waals surface area (Å²) in [5.74, 6) is 0.185. The van der Waals surface area contributed by atoms with Crippen LogP contribution in [0.4, 0.5) is 10.5 Å². The topological polar surface area (TPSA) is 64.6 Å². The quantitative estimate of drug-likeness (QED) is 0.690. The number of benzene rings is 2. The zero-order valence-corrected chi connectivity index (χ0v) is 11.9. The number of hydrogen-bond donors (Lipinski definition) is 1. The molecule has 0 spiro atoms. The van der Waals surface area contributed by atoms with Crippen LogP contribution >= 0.6 is 11.6 Å². The van der Waals surface area contributed by atoms with Gasteiger partial charge in [0.2, 0.25) is 0 Å². The number of carbonyl (C=O) groups excluding carboxylic acids is 2. The van der Waals surface area contributed by atoms with Crippen molar-refractivity contribution in [3.63, 3.8) is 0 Å². The van der Waals surface area contributed by atoms with E-state index < -0.39 is 12.1 Å². The maximum absolute atomic E-state index is 11.7. The molecule has 1 N–H and O–H groups in total. The van der Waals surface area contributed by atoms with Gasteiger partial charge in [-0.2, -0.15) is 0 Å². The van der Waals surface area contributed by atoms with Crippen molar-refractivity contribution < 1.29 is 19.1 Å². The van der Waals surface area contributed by atoms with Crippen molar-refractivity contribution >= 4 is 29.4 Å². The summed E-state index contributed by atoms with van der Waals surface area (Å²) >= 11 is 5.95. The van der Waals surface area contributed by atoms with E-state index in [1.165, 1.54) is 19.1 Å². The lowest BCUT2D eigenvalue weighted by Crippen LogP contribution is -2.16. The highest BCUT2D eigenvalue weighted by molar-refractivity contribution is 6.32. The van der Waals surface area contributed by atoms with Gasteiger partial charge in [0.05, 0.1) is 5.02 Å².